The van der Waals surface area contributed by atoms with E-state index >= 15 is 0 Å². The lowest BCUT2D eigenvalue weighted by Gasteiger charge is -2.28. The van der Waals surface area contributed by atoms with Gasteiger partial charge >= 0.3 is 0 Å². The number of likely N-dealkylation sites (N-methyl/N-ethyl adjacent to an activating group) is 1. The summed E-state index contributed by atoms with van der Waals surface area (Å²) >= 11 is 0. The summed E-state index contributed by atoms with van der Waals surface area (Å²) in [7, 11) is 0. The van der Waals surface area contributed by atoms with E-state index < -0.39 is 0 Å². The molecule has 0 radical (unpaired) electrons. The molecule has 1 aromatic carbocycles. The van der Waals surface area contributed by atoms with Gasteiger partial charge in [-0.2, -0.15) is 0 Å². The molecule has 0 heterocycles. The lowest BCUT2D eigenvalue weighted by Crippen LogP contribution is -2.34. The first-order chi connectivity index (χ1) is 9.86. The SMILES string of the molecule is CCCOc1ccccc1C1CCCCCC1NCC. The number of ether oxygens (including phenoxy) is 1. The van der Waals surface area contributed by atoms with Gasteiger partial charge in [-0.25, -0.2) is 0 Å². The zero-order valence-electron chi connectivity index (χ0n) is 13.0. The Morgan fingerprint density at radius 1 is 1.10 bits per heavy atom. The van der Waals surface area contributed by atoms with Crippen molar-refractivity contribution in [2.75, 3.05) is 13.2 Å². The van der Waals surface area contributed by atoms with E-state index in [0.717, 1.165) is 25.3 Å². The van der Waals surface area contributed by atoms with E-state index in [1.807, 2.05) is 0 Å². The lowest BCUT2D eigenvalue weighted by atomic mass is 9.87. The van der Waals surface area contributed by atoms with E-state index in [0.29, 0.717) is 12.0 Å². The summed E-state index contributed by atoms with van der Waals surface area (Å²) in [6, 6.07) is 9.26. The standard InChI is InChI=1S/C18H29NO/c1-3-14-20-18-13-9-8-11-16(18)15-10-6-5-7-12-17(15)19-4-2/h8-9,11,13,15,17,19H,3-7,10,12,14H2,1-2H3. The molecule has 1 fully saturated rings. The number of hydrogen-bond donors (Lipinski definition) is 1. The van der Waals surface area contributed by atoms with Gasteiger partial charge in [-0.3, -0.25) is 0 Å². The Morgan fingerprint density at radius 2 is 1.90 bits per heavy atom. The monoisotopic (exact) mass is 275 g/mol. The molecule has 0 bridgehead atoms. The van der Waals surface area contributed by atoms with Crippen LogP contribution in [0.4, 0.5) is 0 Å². The minimum Gasteiger partial charge on any atom is -0.493 e. The molecule has 1 aliphatic rings. The van der Waals surface area contributed by atoms with Gasteiger partial charge in [-0.1, -0.05) is 51.3 Å². The van der Waals surface area contributed by atoms with E-state index in [9.17, 15) is 0 Å². The van der Waals surface area contributed by atoms with Crippen LogP contribution in [0.2, 0.25) is 0 Å². The molecular formula is C18H29NO. The Morgan fingerprint density at radius 3 is 2.70 bits per heavy atom. The van der Waals surface area contributed by atoms with Crippen molar-refractivity contribution in [1.82, 2.24) is 5.32 Å². The molecule has 0 saturated heterocycles. The average Bonchev–Trinajstić information content (AvgIpc) is 2.71. The number of hydrogen-bond acceptors (Lipinski definition) is 2. The molecule has 20 heavy (non-hydrogen) atoms. The largest absolute Gasteiger partial charge is 0.493 e. The second kappa shape index (κ2) is 8.31. The van der Waals surface area contributed by atoms with Crippen molar-refractivity contribution < 1.29 is 4.74 Å². The van der Waals surface area contributed by atoms with Crippen LogP contribution in [-0.2, 0) is 0 Å². The molecule has 2 rings (SSSR count). The average molecular weight is 275 g/mol. The molecule has 0 amide bonds. The van der Waals surface area contributed by atoms with Crippen molar-refractivity contribution in [3.8, 4) is 5.75 Å². The van der Waals surface area contributed by atoms with Crippen molar-refractivity contribution in [1.29, 1.82) is 0 Å². The summed E-state index contributed by atoms with van der Waals surface area (Å²) in [5.41, 5.74) is 1.41. The molecule has 112 valence electrons. The normalized spacial score (nSPS) is 23.3. The van der Waals surface area contributed by atoms with E-state index in [2.05, 4.69) is 43.4 Å². The van der Waals surface area contributed by atoms with Gasteiger partial charge in [0.15, 0.2) is 0 Å². The van der Waals surface area contributed by atoms with Crippen LogP contribution in [0.5, 0.6) is 5.75 Å². The first kappa shape index (κ1) is 15.4. The molecule has 2 atom stereocenters. The fraction of sp³-hybridized carbons (Fsp3) is 0.667. The third-order valence-electron chi connectivity index (χ3n) is 4.26. The van der Waals surface area contributed by atoms with Gasteiger partial charge < -0.3 is 10.1 Å². The minimum absolute atomic E-state index is 0.602. The summed E-state index contributed by atoms with van der Waals surface area (Å²) in [5, 5.41) is 3.70. The summed E-state index contributed by atoms with van der Waals surface area (Å²) < 4.78 is 5.98. The second-order valence-electron chi connectivity index (χ2n) is 5.79. The Bertz CT molecular complexity index is 391. The maximum absolute atomic E-state index is 5.98. The van der Waals surface area contributed by atoms with Crippen molar-refractivity contribution in [2.45, 2.75) is 64.3 Å². The Kier molecular flexibility index (Phi) is 6.38. The van der Waals surface area contributed by atoms with Crippen LogP contribution in [0, 0.1) is 0 Å². The van der Waals surface area contributed by atoms with Crippen LogP contribution in [0.15, 0.2) is 24.3 Å². The van der Waals surface area contributed by atoms with Crippen molar-refractivity contribution in [3.05, 3.63) is 29.8 Å². The van der Waals surface area contributed by atoms with Gasteiger partial charge in [-0.05, 0) is 37.4 Å². The van der Waals surface area contributed by atoms with Crippen molar-refractivity contribution >= 4 is 0 Å². The molecule has 2 unspecified atom stereocenters. The van der Waals surface area contributed by atoms with Crippen LogP contribution in [0.3, 0.4) is 0 Å². The van der Waals surface area contributed by atoms with Crippen molar-refractivity contribution in [2.24, 2.45) is 0 Å². The van der Waals surface area contributed by atoms with Crippen LogP contribution < -0.4 is 10.1 Å². The highest BCUT2D eigenvalue weighted by Crippen LogP contribution is 2.36. The van der Waals surface area contributed by atoms with Gasteiger partial charge in [0.05, 0.1) is 6.61 Å². The van der Waals surface area contributed by atoms with Crippen LogP contribution in [0.1, 0.15) is 63.9 Å². The molecule has 0 spiro atoms. The Balaban J connectivity index is 2.21. The van der Waals surface area contributed by atoms with Crippen LogP contribution in [0.25, 0.3) is 0 Å². The van der Waals surface area contributed by atoms with Crippen LogP contribution >= 0.6 is 0 Å². The number of rotatable bonds is 6. The van der Waals surface area contributed by atoms with E-state index in [1.165, 1.54) is 37.7 Å². The van der Waals surface area contributed by atoms with Crippen LogP contribution in [-0.4, -0.2) is 19.2 Å². The molecule has 1 aliphatic carbocycles. The first-order valence-corrected chi connectivity index (χ1v) is 8.32. The topological polar surface area (TPSA) is 21.3 Å². The maximum Gasteiger partial charge on any atom is 0.122 e. The van der Waals surface area contributed by atoms with Gasteiger partial charge in [-0.15, -0.1) is 0 Å². The zero-order valence-corrected chi connectivity index (χ0v) is 13.0. The summed E-state index contributed by atoms with van der Waals surface area (Å²) in [6.07, 6.45) is 7.71. The summed E-state index contributed by atoms with van der Waals surface area (Å²) in [6.45, 7) is 6.24. The molecule has 1 N–H and O–H groups in total. The number of para-hydroxylation sites is 1. The molecule has 2 heteroatoms. The molecule has 1 saturated carbocycles. The molecule has 0 aliphatic heterocycles. The van der Waals surface area contributed by atoms with E-state index in [-0.39, 0.29) is 0 Å². The third-order valence-corrected chi connectivity index (χ3v) is 4.26. The quantitative estimate of drug-likeness (QED) is 0.772. The number of nitrogens with one attached hydrogen (secondary N) is 1. The third kappa shape index (κ3) is 3.99. The Hall–Kier alpha value is -1.02. The van der Waals surface area contributed by atoms with E-state index in [4.69, 9.17) is 4.74 Å². The first-order valence-electron chi connectivity index (χ1n) is 8.32. The van der Waals surface area contributed by atoms with Crippen molar-refractivity contribution in [3.63, 3.8) is 0 Å². The molecule has 2 nitrogen and oxygen atoms in total. The minimum atomic E-state index is 0.602. The molecular weight excluding hydrogens is 246 g/mol. The van der Waals surface area contributed by atoms with Gasteiger partial charge in [0.25, 0.3) is 0 Å². The molecule has 1 aromatic rings. The fourth-order valence-electron chi connectivity index (χ4n) is 3.32. The van der Waals surface area contributed by atoms with Gasteiger partial charge in [0.2, 0.25) is 0 Å². The number of benzene rings is 1. The second-order valence-corrected chi connectivity index (χ2v) is 5.79. The highest BCUT2D eigenvalue weighted by Gasteiger charge is 2.26. The fourth-order valence-corrected chi connectivity index (χ4v) is 3.32. The predicted molar refractivity (Wildman–Crippen MR) is 85.5 cm³/mol. The summed E-state index contributed by atoms with van der Waals surface area (Å²) in [5.74, 6) is 1.70. The zero-order chi connectivity index (χ0) is 14.2. The Labute approximate surface area is 123 Å². The van der Waals surface area contributed by atoms with Gasteiger partial charge in [0, 0.05) is 12.0 Å². The highest BCUT2D eigenvalue weighted by atomic mass is 16.5. The van der Waals surface area contributed by atoms with Gasteiger partial charge in [0.1, 0.15) is 5.75 Å². The molecule has 0 aromatic heterocycles. The summed E-state index contributed by atoms with van der Waals surface area (Å²) in [4.78, 5) is 0. The lowest BCUT2D eigenvalue weighted by molar-refractivity contribution is 0.306. The highest BCUT2D eigenvalue weighted by molar-refractivity contribution is 5.37. The predicted octanol–water partition coefficient (Wildman–Crippen LogP) is 4.50. The van der Waals surface area contributed by atoms with E-state index in [1.54, 1.807) is 0 Å². The smallest absolute Gasteiger partial charge is 0.122 e. The maximum atomic E-state index is 5.98.